The van der Waals surface area contributed by atoms with Gasteiger partial charge < -0.3 is 44.7 Å². The first-order valence-corrected chi connectivity index (χ1v) is 23.4. The Morgan fingerprint density at radius 1 is 0.894 bits per heavy atom. The van der Waals surface area contributed by atoms with Gasteiger partial charge in [-0.05, 0) is 87.2 Å². The van der Waals surface area contributed by atoms with Crippen molar-refractivity contribution in [3.63, 3.8) is 0 Å². The first kappa shape index (κ1) is 55.4. The molecule has 2 saturated heterocycles. The molecule has 0 aromatic heterocycles. The van der Waals surface area contributed by atoms with Crippen LogP contribution in [0, 0.1) is 29.6 Å². The van der Waals surface area contributed by atoms with Crippen molar-refractivity contribution in [2.24, 2.45) is 34.7 Å². The number of carboxylic acids is 1. The summed E-state index contributed by atoms with van der Waals surface area (Å²) in [6.45, 7) is 14.5. The van der Waals surface area contributed by atoms with Gasteiger partial charge in [0.25, 0.3) is 0 Å². The van der Waals surface area contributed by atoms with E-state index >= 15 is 0 Å². The molecule has 1 aromatic rings. The Labute approximate surface area is 391 Å². The van der Waals surface area contributed by atoms with E-state index in [2.05, 4.69) is 20.7 Å². The molecule has 2 heterocycles. The highest BCUT2D eigenvalue weighted by atomic mass is 16.6. The van der Waals surface area contributed by atoms with Gasteiger partial charge in [0.15, 0.2) is 0 Å². The summed E-state index contributed by atoms with van der Waals surface area (Å²) in [5, 5.41) is 19.0. The van der Waals surface area contributed by atoms with Crippen LogP contribution in [-0.4, -0.2) is 164 Å². The number of carbonyl (C=O) groups is 6. The number of likely N-dealkylation sites (tertiary alicyclic amines) is 2. The fourth-order valence-electron chi connectivity index (χ4n) is 9.49. The quantitative estimate of drug-likeness (QED) is 0.0711. The standard InChI is InChI=1S/C47H77N9O10/c1-13-30(6)41(54(10)45(60)39(28(2)3)51-44(59)40(29(4)5)53(8)9)37(64-11)26-38(57)56-22-14-15-36(56)42(65-12)31(7)43(58)50-34(27-49-52-48)25-32-16-18-35(19-17-32)66-47(63)55-23-20-33(21-24-55)46(61)62/h16-19,28-31,33-34,36-37,39-42H,13-15,20-27H2,1-12H3,(H,50,58)(H,51,59)(H,61,62)/t30-,31+,34-,36-,37+,39-,40-,41-,42+/m0/s1. The topological polar surface area (TPSA) is 236 Å². The van der Waals surface area contributed by atoms with Crippen molar-refractivity contribution in [1.29, 1.82) is 0 Å². The molecule has 0 unspecified atom stereocenters. The van der Waals surface area contributed by atoms with Crippen LogP contribution in [0.3, 0.4) is 0 Å². The van der Waals surface area contributed by atoms with Crippen molar-refractivity contribution in [2.75, 3.05) is 61.5 Å². The molecule has 0 bridgehead atoms. The molecular formula is C47H77N9O10. The molecule has 3 N–H and O–H groups in total. The van der Waals surface area contributed by atoms with Crippen molar-refractivity contribution in [1.82, 2.24) is 30.2 Å². The molecule has 5 amide bonds. The number of carbonyl (C=O) groups excluding carboxylic acids is 5. The number of nitrogens with zero attached hydrogens (tertiary/aromatic N) is 7. The van der Waals surface area contributed by atoms with Crippen LogP contribution in [0.25, 0.3) is 10.4 Å². The molecule has 0 saturated carbocycles. The molecule has 2 fully saturated rings. The molecule has 2 aliphatic rings. The summed E-state index contributed by atoms with van der Waals surface area (Å²) in [6, 6.07) is 4.02. The Kier molecular flexibility index (Phi) is 22.1. The lowest BCUT2D eigenvalue weighted by molar-refractivity contribution is -0.148. The van der Waals surface area contributed by atoms with E-state index in [0.29, 0.717) is 63.9 Å². The van der Waals surface area contributed by atoms with E-state index in [1.54, 1.807) is 48.0 Å². The maximum atomic E-state index is 14.4. The van der Waals surface area contributed by atoms with Crippen molar-refractivity contribution in [3.05, 3.63) is 40.3 Å². The van der Waals surface area contributed by atoms with Gasteiger partial charge in [-0.15, -0.1) is 0 Å². The monoisotopic (exact) mass is 928 g/mol. The number of likely N-dealkylation sites (N-methyl/N-ethyl adjacent to an activating group) is 2. The highest BCUT2D eigenvalue weighted by molar-refractivity contribution is 5.90. The lowest BCUT2D eigenvalue weighted by Crippen LogP contribution is -2.59. The van der Waals surface area contributed by atoms with Crippen LogP contribution in [0.2, 0.25) is 0 Å². The second kappa shape index (κ2) is 26.4. The van der Waals surface area contributed by atoms with Gasteiger partial charge in [-0.2, -0.15) is 0 Å². The summed E-state index contributed by atoms with van der Waals surface area (Å²) in [7, 11) is 8.45. The molecule has 370 valence electrons. The van der Waals surface area contributed by atoms with Crippen LogP contribution in [0.15, 0.2) is 29.4 Å². The normalized spacial score (nSPS) is 19.2. The number of hydrogen-bond acceptors (Lipinski definition) is 11. The first-order chi connectivity index (χ1) is 31.2. The third kappa shape index (κ3) is 15.0. The maximum Gasteiger partial charge on any atom is 0.415 e. The summed E-state index contributed by atoms with van der Waals surface area (Å²) in [4.78, 5) is 89.8. The fraction of sp³-hybridized carbons (Fsp3) is 0.745. The molecule has 1 aromatic carbocycles. The number of methoxy groups -OCH3 is 2. The first-order valence-electron chi connectivity index (χ1n) is 23.4. The number of hydrogen-bond donors (Lipinski definition) is 3. The van der Waals surface area contributed by atoms with Crippen molar-refractivity contribution in [3.8, 4) is 5.75 Å². The Morgan fingerprint density at radius 2 is 1.53 bits per heavy atom. The maximum absolute atomic E-state index is 14.4. The largest absolute Gasteiger partial charge is 0.481 e. The van der Waals surface area contributed by atoms with E-state index in [0.717, 1.165) is 5.56 Å². The van der Waals surface area contributed by atoms with Gasteiger partial charge in [0, 0.05) is 58.4 Å². The zero-order valence-electron chi connectivity index (χ0n) is 41.3. The number of amides is 5. The van der Waals surface area contributed by atoms with Crippen LogP contribution < -0.4 is 15.4 Å². The zero-order chi connectivity index (χ0) is 49.4. The molecule has 0 spiro atoms. The summed E-state index contributed by atoms with van der Waals surface area (Å²) < 4.78 is 17.6. The van der Waals surface area contributed by atoms with Crippen LogP contribution in [0.5, 0.6) is 5.75 Å². The zero-order valence-corrected chi connectivity index (χ0v) is 41.3. The Bertz CT molecular complexity index is 1810. The lowest BCUT2D eigenvalue weighted by Gasteiger charge is -2.41. The Morgan fingerprint density at radius 3 is 2.05 bits per heavy atom. The average molecular weight is 928 g/mol. The minimum atomic E-state index is -0.866. The second-order valence-electron chi connectivity index (χ2n) is 18.9. The third-order valence-corrected chi connectivity index (χ3v) is 13.4. The van der Waals surface area contributed by atoms with Crippen molar-refractivity contribution >= 4 is 35.7 Å². The van der Waals surface area contributed by atoms with E-state index in [4.69, 9.17) is 19.7 Å². The van der Waals surface area contributed by atoms with Gasteiger partial charge >= 0.3 is 12.1 Å². The summed E-state index contributed by atoms with van der Waals surface area (Å²) >= 11 is 0. The molecule has 0 radical (unpaired) electrons. The van der Waals surface area contributed by atoms with Crippen molar-refractivity contribution in [2.45, 2.75) is 136 Å². The Hall–Kier alpha value is -4.97. The van der Waals surface area contributed by atoms with Gasteiger partial charge in [-0.3, -0.25) is 28.9 Å². The highest BCUT2D eigenvalue weighted by Crippen LogP contribution is 2.30. The average Bonchev–Trinajstić information content (AvgIpc) is 3.76. The molecule has 2 aliphatic heterocycles. The minimum Gasteiger partial charge on any atom is -0.481 e. The smallest absolute Gasteiger partial charge is 0.415 e. The summed E-state index contributed by atoms with van der Waals surface area (Å²) in [5.74, 6) is -3.03. The predicted octanol–water partition coefficient (Wildman–Crippen LogP) is 4.97. The number of benzene rings is 1. The van der Waals surface area contributed by atoms with Gasteiger partial charge in [0.1, 0.15) is 11.8 Å². The van der Waals surface area contributed by atoms with Crippen LogP contribution >= 0.6 is 0 Å². The molecule has 19 heteroatoms. The van der Waals surface area contributed by atoms with E-state index < -0.39 is 66.3 Å². The number of aliphatic carboxylic acids is 1. The van der Waals surface area contributed by atoms with Gasteiger partial charge in [0.2, 0.25) is 23.6 Å². The van der Waals surface area contributed by atoms with E-state index in [9.17, 15) is 33.9 Å². The molecule has 66 heavy (non-hydrogen) atoms. The molecule has 0 aliphatic carbocycles. The van der Waals surface area contributed by atoms with E-state index in [1.165, 1.54) is 19.1 Å². The molecule has 9 atom stereocenters. The van der Waals surface area contributed by atoms with Crippen molar-refractivity contribution < 1.29 is 48.1 Å². The highest BCUT2D eigenvalue weighted by Gasteiger charge is 2.43. The predicted molar refractivity (Wildman–Crippen MR) is 249 cm³/mol. The minimum absolute atomic E-state index is 0.0190. The third-order valence-electron chi connectivity index (χ3n) is 13.4. The van der Waals surface area contributed by atoms with Crippen LogP contribution in [0.4, 0.5) is 4.79 Å². The lowest BCUT2D eigenvalue weighted by atomic mass is 9.89. The Balaban J connectivity index is 1.72. The van der Waals surface area contributed by atoms with Crippen LogP contribution in [-0.2, 0) is 39.9 Å². The number of azide groups is 1. The molecular weight excluding hydrogens is 851 g/mol. The van der Waals surface area contributed by atoms with E-state index in [-0.39, 0.29) is 54.3 Å². The van der Waals surface area contributed by atoms with Gasteiger partial charge in [0.05, 0.1) is 48.6 Å². The summed E-state index contributed by atoms with van der Waals surface area (Å²) in [6.07, 6.45) is 1.08. The fourth-order valence-corrected chi connectivity index (χ4v) is 9.49. The number of ether oxygens (including phenoxy) is 3. The van der Waals surface area contributed by atoms with Crippen LogP contribution in [0.1, 0.15) is 92.6 Å². The molecule has 3 rings (SSSR count). The SMILES string of the molecule is CC[C@H](C)[C@@H]([C@@H](CC(=O)N1CCC[C@H]1[C@H](OC)[C@@H](C)C(=O)N[C@H](CN=[N+]=[N-])Cc1ccc(OC(=O)N2CCC(C(=O)O)CC2)cc1)OC)N(C)C(=O)[C@@H](NC(=O)[C@H](C(C)C)N(C)C)C(C)C. The second-order valence-corrected chi connectivity index (χ2v) is 18.9. The summed E-state index contributed by atoms with van der Waals surface area (Å²) in [5.41, 5.74) is 9.93. The van der Waals surface area contributed by atoms with Gasteiger partial charge in [-0.1, -0.05) is 72.1 Å². The molecule has 19 nitrogen and oxygen atoms in total. The number of rotatable bonds is 24. The number of nitrogens with one attached hydrogen (secondary N) is 2. The number of carboxylic acid groups (broad SMARTS) is 1. The number of piperidine rings is 1. The van der Waals surface area contributed by atoms with Gasteiger partial charge in [-0.25, -0.2) is 4.79 Å². The van der Waals surface area contributed by atoms with E-state index in [1.807, 2.05) is 60.5 Å².